The van der Waals surface area contributed by atoms with Gasteiger partial charge in [0.15, 0.2) is 11.6 Å². The van der Waals surface area contributed by atoms with E-state index in [-0.39, 0.29) is 11.8 Å². The third-order valence-electron chi connectivity index (χ3n) is 7.52. The second-order valence-corrected chi connectivity index (χ2v) is 9.79. The summed E-state index contributed by atoms with van der Waals surface area (Å²) in [6.45, 7) is 2.01. The topological polar surface area (TPSA) is 87.3 Å². The predicted molar refractivity (Wildman–Crippen MR) is 131 cm³/mol. The number of halogens is 1. The van der Waals surface area contributed by atoms with E-state index in [1.165, 1.54) is 38.9 Å². The zero-order valence-corrected chi connectivity index (χ0v) is 20.2. The van der Waals surface area contributed by atoms with Crippen molar-refractivity contribution >= 4 is 17.6 Å². The molecule has 4 N–H and O–H groups in total. The molecular formula is C24H39FN7O+. The molecule has 1 aromatic rings. The summed E-state index contributed by atoms with van der Waals surface area (Å²) >= 11 is 0. The largest absolute Gasteiger partial charge is 0.494 e. The lowest BCUT2D eigenvalue weighted by molar-refractivity contribution is -0.875. The maximum absolute atomic E-state index is 14.4. The van der Waals surface area contributed by atoms with Gasteiger partial charge in [-0.05, 0) is 32.0 Å². The van der Waals surface area contributed by atoms with E-state index in [1.54, 1.807) is 12.1 Å². The molecule has 1 aromatic carbocycles. The Hall–Kier alpha value is -2.23. The van der Waals surface area contributed by atoms with Crippen LogP contribution in [0.3, 0.4) is 0 Å². The number of benzene rings is 1. The van der Waals surface area contributed by atoms with Gasteiger partial charge >= 0.3 is 5.96 Å². The molecule has 9 heteroatoms. The van der Waals surface area contributed by atoms with E-state index in [0.29, 0.717) is 28.1 Å². The smallest absolute Gasteiger partial charge is 0.313 e. The number of hydrogen-bond donors (Lipinski definition) is 3. The zero-order chi connectivity index (χ0) is 23.4. The van der Waals surface area contributed by atoms with E-state index in [1.807, 2.05) is 0 Å². The predicted octanol–water partition coefficient (Wildman–Crippen LogP) is 3.07. The molecule has 182 valence electrons. The lowest BCUT2D eigenvalue weighted by atomic mass is 10.0. The quantitative estimate of drug-likeness (QED) is 0.475. The van der Waals surface area contributed by atoms with Gasteiger partial charge in [-0.1, -0.05) is 25.7 Å². The van der Waals surface area contributed by atoms with E-state index in [9.17, 15) is 4.39 Å². The van der Waals surface area contributed by atoms with Gasteiger partial charge in [-0.15, -0.1) is 4.99 Å². The van der Waals surface area contributed by atoms with Gasteiger partial charge in [0.05, 0.1) is 14.2 Å². The van der Waals surface area contributed by atoms with Crippen molar-refractivity contribution in [2.24, 2.45) is 15.7 Å². The van der Waals surface area contributed by atoms with Gasteiger partial charge in [0, 0.05) is 43.7 Å². The molecule has 2 unspecified atom stereocenters. The standard InChI is InChI=1S/C24H39FN7O/c1-31-14-12-19(13-15-31)32(2)22(26)29-23(27-17-8-6-4-5-7-9-17)30-24(32)28-18-10-11-21(33-3)20(25)16-18/h10-11,16-17,19,22H,4-9,12-15,26H2,1-3H3,(H2,27,28,29,30)/q+1. The number of hydrogen-bond acceptors (Lipinski definition) is 7. The molecule has 2 heterocycles. The summed E-state index contributed by atoms with van der Waals surface area (Å²) in [4.78, 5) is 12.1. The maximum Gasteiger partial charge on any atom is 0.313 e. The number of nitrogens with one attached hydrogen (secondary N) is 2. The van der Waals surface area contributed by atoms with Gasteiger partial charge in [0.1, 0.15) is 6.04 Å². The maximum atomic E-state index is 14.4. The van der Waals surface area contributed by atoms with Crippen molar-refractivity contribution in [3.63, 3.8) is 0 Å². The van der Waals surface area contributed by atoms with Crippen molar-refractivity contribution in [1.82, 2.24) is 10.2 Å². The molecule has 0 spiro atoms. The van der Waals surface area contributed by atoms with E-state index in [2.05, 4.69) is 29.6 Å². The van der Waals surface area contributed by atoms with Crippen molar-refractivity contribution < 1.29 is 13.6 Å². The summed E-state index contributed by atoms with van der Waals surface area (Å²) in [5.74, 6) is 1.08. The molecule has 0 radical (unpaired) electrons. The highest BCUT2D eigenvalue weighted by Gasteiger charge is 2.47. The Morgan fingerprint density at radius 1 is 1.12 bits per heavy atom. The third kappa shape index (κ3) is 5.31. The van der Waals surface area contributed by atoms with Crippen LogP contribution in [0.25, 0.3) is 0 Å². The van der Waals surface area contributed by atoms with Crippen LogP contribution in [0.2, 0.25) is 0 Å². The Morgan fingerprint density at radius 3 is 2.45 bits per heavy atom. The van der Waals surface area contributed by atoms with Crippen molar-refractivity contribution in [2.75, 3.05) is 39.6 Å². The van der Waals surface area contributed by atoms with E-state index < -0.39 is 12.1 Å². The number of methoxy groups -OCH3 is 1. The number of ether oxygens (including phenoxy) is 1. The number of nitrogens with zero attached hydrogens (tertiary/aromatic N) is 4. The lowest BCUT2D eigenvalue weighted by Crippen LogP contribution is -2.70. The molecule has 1 saturated heterocycles. The number of anilines is 1. The van der Waals surface area contributed by atoms with Crippen LogP contribution in [-0.4, -0.2) is 74.0 Å². The molecule has 0 amide bonds. The Morgan fingerprint density at radius 2 is 1.82 bits per heavy atom. The SMILES string of the molecule is COc1ccc(NC2=NC(NC3CCCCCC3)=NC(N)[N+]2(C)C2CCN(C)CC2)cc1F. The number of piperidine rings is 1. The second-order valence-electron chi connectivity index (χ2n) is 9.79. The summed E-state index contributed by atoms with van der Waals surface area (Å²) in [7, 11) is 5.71. The van der Waals surface area contributed by atoms with Crippen LogP contribution in [0.4, 0.5) is 10.1 Å². The monoisotopic (exact) mass is 460 g/mol. The number of nitrogens with two attached hydrogens (primary N) is 1. The van der Waals surface area contributed by atoms with Gasteiger partial charge in [-0.25, -0.2) is 8.87 Å². The Labute approximate surface area is 196 Å². The first-order valence-corrected chi connectivity index (χ1v) is 12.2. The van der Waals surface area contributed by atoms with Gasteiger partial charge in [-0.2, -0.15) is 4.99 Å². The molecule has 0 bridgehead atoms. The number of guanidine groups is 2. The number of quaternary nitrogens is 1. The van der Waals surface area contributed by atoms with Gasteiger partial charge < -0.3 is 15.0 Å². The van der Waals surface area contributed by atoms with E-state index in [4.69, 9.17) is 20.5 Å². The first-order valence-electron chi connectivity index (χ1n) is 12.2. The fourth-order valence-corrected chi connectivity index (χ4v) is 5.23. The fourth-order valence-electron chi connectivity index (χ4n) is 5.23. The minimum absolute atomic E-state index is 0.215. The van der Waals surface area contributed by atoms with Crippen molar-refractivity contribution in [2.45, 2.75) is 69.7 Å². The van der Waals surface area contributed by atoms with Crippen LogP contribution in [0, 0.1) is 5.82 Å². The fraction of sp³-hybridized carbons (Fsp3) is 0.667. The summed E-state index contributed by atoms with van der Waals surface area (Å²) < 4.78 is 19.9. The minimum atomic E-state index is -0.491. The lowest BCUT2D eigenvalue weighted by Gasteiger charge is -2.47. The molecule has 2 fully saturated rings. The van der Waals surface area contributed by atoms with Gasteiger partial charge in [-0.3, -0.25) is 11.1 Å². The molecule has 4 rings (SSSR count). The van der Waals surface area contributed by atoms with Gasteiger partial charge in [0.25, 0.3) is 0 Å². The highest BCUT2D eigenvalue weighted by atomic mass is 19.1. The summed E-state index contributed by atoms with van der Waals surface area (Å²) in [6.07, 6.45) is 8.77. The molecule has 8 nitrogen and oxygen atoms in total. The van der Waals surface area contributed by atoms with E-state index >= 15 is 0 Å². The Bertz CT molecular complexity index is 876. The van der Waals surface area contributed by atoms with Crippen LogP contribution in [0.5, 0.6) is 5.75 Å². The van der Waals surface area contributed by atoms with Crippen LogP contribution >= 0.6 is 0 Å². The van der Waals surface area contributed by atoms with Crippen molar-refractivity contribution in [1.29, 1.82) is 0 Å². The summed E-state index contributed by atoms with van der Waals surface area (Å²) in [5.41, 5.74) is 7.36. The first-order chi connectivity index (χ1) is 15.9. The number of rotatable bonds is 4. The Kier molecular flexibility index (Phi) is 7.51. The van der Waals surface area contributed by atoms with Crippen LogP contribution in [0.1, 0.15) is 51.4 Å². The first kappa shape index (κ1) is 23.9. The summed E-state index contributed by atoms with van der Waals surface area (Å²) in [5, 5.41) is 6.95. The molecule has 33 heavy (non-hydrogen) atoms. The van der Waals surface area contributed by atoms with Crippen molar-refractivity contribution in [3.05, 3.63) is 24.0 Å². The van der Waals surface area contributed by atoms with Gasteiger partial charge in [0.2, 0.25) is 12.2 Å². The van der Waals surface area contributed by atoms with Crippen molar-refractivity contribution in [3.8, 4) is 5.75 Å². The molecule has 2 atom stereocenters. The molecule has 0 aromatic heterocycles. The highest BCUT2D eigenvalue weighted by molar-refractivity contribution is 6.00. The van der Waals surface area contributed by atoms with Crippen LogP contribution < -0.4 is 21.1 Å². The minimum Gasteiger partial charge on any atom is -0.494 e. The zero-order valence-electron chi connectivity index (χ0n) is 20.2. The Balaban J connectivity index is 1.62. The molecule has 2 aliphatic heterocycles. The second kappa shape index (κ2) is 10.4. The average Bonchev–Trinajstić information content (AvgIpc) is 3.06. The molecule has 1 saturated carbocycles. The summed E-state index contributed by atoms with van der Waals surface area (Å²) in [6, 6.07) is 5.50. The van der Waals surface area contributed by atoms with Crippen LogP contribution in [0.15, 0.2) is 28.2 Å². The van der Waals surface area contributed by atoms with E-state index in [0.717, 1.165) is 38.8 Å². The highest BCUT2D eigenvalue weighted by Crippen LogP contribution is 2.29. The molecule has 3 aliphatic rings. The number of likely N-dealkylation sites (tertiary alicyclic amines) is 1. The van der Waals surface area contributed by atoms with Crippen LogP contribution in [-0.2, 0) is 0 Å². The molecule has 1 aliphatic carbocycles. The molecular weight excluding hydrogens is 421 g/mol. The normalized spacial score (nSPS) is 28.0. The average molecular weight is 461 g/mol. The third-order valence-corrected chi connectivity index (χ3v) is 7.52. The number of aliphatic imine (C=N–C) groups is 2.